The van der Waals surface area contributed by atoms with Crippen molar-refractivity contribution in [3.63, 3.8) is 0 Å². The van der Waals surface area contributed by atoms with Gasteiger partial charge in [0.05, 0.1) is 12.9 Å². The second-order valence-corrected chi connectivity index (χ2v) is 3.28. The summed E-state index contributed by atoms with van der Waals surface area (Å²) in [5.41, 5.74) is -1.33. The van der Waals surface area contributed by atoms with Gasteiger partial charge in [0.1, 0.15) is 11.2 Å². The van der Waals surface area contributed by atoms with Gasteiger partial charge >= 0.3 is 5.97 Å². The third kappa shape index (κ3) is 3.20. The van der Waals surface area contributed by atoms with Crippen molar-refractivity contribution >= 4 is 11.8 Å². The first-order valence-corrected chi connectivity index (χ1v) is 4.42. The van der Waals surface area contributed by atoms with E-state index in [1.165, 1.54) is 20.1 Å². The van der Waals surface area contributed by atoms with E-state index in [0.29, 0.717) is 0 Å². The van der Waals surface area contributed by atoms with Gasteiger partial charge in [-0.1, -0.05) is 6.08 Å². The second-order valence-electron chi connectivity index (χ2n) is 3.28. The van der Waals surface area contributed by atoms with E-state index in [0.717, 1.165) is 0 Å². The Hall–Kier alpha value is -1.32. The molecule has 0 amide bonds. The first-order chi connectivity index (χ1) is 6.45. The number of carboxylic acid groups (broad SMARTS) is 1. The van der Waals surface area contributed by atoms with Crippen LogP contribution in [-0.2, 0) is 14.3 Å². The zero-order chi connectivity index (χ0) is 11.2. The van der Waals surface area contributed by atoms with E-state index in [1.807, 2.05) is 0 Å². The molecule has 0 aliphatic rings. The molecule has 0 spiro atoms. The van der Waals surface area contributed by atoms with Gasteiger partial charge in [-0.2, -0.15) is 0 Å². The molecule has 0 fully saturated rings. The predicted octanol–water partition coefficient (Wildman–Crippen LogP) is 1.61. The van der Waals surface area contributed by atoms with Crippen LogP contribution >= 0.6 is 0 Å². The van der Waals surface area contributed by atoms with Gasteiger partial charge in [-0.3, -0.25) is 9.59 Å². The lowest BCUT2D eigenvalue weighted by Crippen LogP contribution is -2.35. The summed E-state index contributed by atoms with van der Waals surface area (Å²) < 4.78 is 4.98. The van der Waals surface area contributed by atoms with Crippen molar-refractivity contribution in [3.05, 3.63) is 12.3 Å². The van der Waals surface area contributed by atoms with E-state index in [4.69, 9.17) is 9.84 Å². The molecule has 4 nitrogen and oxygen atoms in total. The fourth-order valence-corrected chi connectivity index (χ4v) is 0.861. The Morgan fingerprint density at radius 3 is 2.43 bits per heavy atom. The molecular formula is C10H16O4. The number of carboxylic acids is 1. The molecule has 80 valence electrons. The molecule has 4 heteroatoms. The molecule has 0 aliphatic carbocycles. The van der Waals surface area contributed by atoms with Crippen molar-refractivity contribution < 1.29 is 19.4 Å². The molecule has 14 heavy (non-hydrogen) atoms. The van der Waals surface area contributed by atoms with E-state index in [9.17, 15) is 9.59 Å². The number of carbonyl (C=O) groups is 2. The number of rotatable bonds is 6. The minimum absolute atomic E-state index is 0.183. The maximum absolute atomic E-state index is 11.1. The van der Waals surface area contributed by atoms with Crippen LogP contribution < -0.4 is 0 Å². The monoisotopic (exact) mass is 200 g/mol. The Balaban J connectivity index is 4.25. The molecule has 0 bridgehead atoms. The van der Waals surface area contributed by atoms with Crippen LogP contribution in [0.5, 0.6) is 0 Å². The lowest BCUT2D eigenvalue weighted by Gasteiger charge is -2.20. The van der Waals surface area contributed by atoms with E-state index >= 15 is 0 Å². The van der Waals surface area contributed by atoms with Gasteiger partial charge < -0.3 is 9.84 Å². The summed E-state index contributed by atoms with van der Waals surface area (Å²) in [6, 6.07) is 0. The Kier molecular flexibility index (Phi) is 4.91. The molecule has 0 aromatic rings. The summed E-state index contributed by atoms with van der Waals surface area (Å²) in [5, 5.41) is 8.87. The van der Waals surface area contributed by atoms with Gasteiger partial charge in [-0.15, -0.1) is 0 Å². The predicted molar refractivity (Wildman–Crippen MR) is 51.8 cm³/mol. The number of carbonyl (C=O) groups excluding carboxylic acids is 1. The van der Waals surface area contributed by atoms with Gasteiger partial charge in [0.25, 0.3) is 0 Å². The molecule has 0 radical (unpaired) electrons. The largest absolute Gasteiger partial charge is 0.501 e. The molecule has 0 aromatic heterocycles. The van der Waals surface area contributed by atoms with Crippen molar-refractivity contribution in [1.82, 2.24) is 0 Å². The Labute approximate surface area is 83.6 Å². The standard InChI is InChI=1S/C10H16O4/c1-4-6-14-7-5-10(3,8(2)11)9(12)13/h4,6H,5,7H2,1-3H3,(H,12,13). The highest BCUT2D eigenvalue weighted by Crippen LogP contribution is 2.22. The Bertz CT molecular complexity index is 229. The lowest BCUT2D eigenvalue weighted by molar-refractivity contribution is -0.154. The van der Waals surface area contributed by atoms with Crippen LogP contribution in [0.15, 0.2) is 12.3 Å². The topological polar surface area (TPSA) is 63.6 Å². The van der Waals surface area contributed by atoms with E-state index in [1.54, 1.807) is 13.0 Å². The quantitative estimate of drug-likeness (QED) is 0.402. The van der Waals surface area contributed by atoms with Crippen LogP contribution in [-0.4, -0.2) is 23.5 Å². The van der Waals surface area contributed by atoms with Crippen molar-refractivity contribution in [3.8, 4) is 0 Å². The number of hydrogen-bond donors (Lipinski definition) is 1. The first-order valence-electron chi connectivity index (χ1n) is 4.42. The highest BCUT2D eigenvalue weighted by molar-refractivity contribution is 6.01. The molecule has 1 N–H and O–H groups in total. The highest BCUT2D eigenvalue weighted by Gasteiger charge is 2.37. The molecule has 0 aliphatic heterocycles. The molecule has 0 saturated carbocycles. The van der Waals surface area contributed by atoms with Crippen molar-refractivity contribution in [1.29, 1.82) is 0 Å². The lowest BCUT2D eigenvalue weighted by atomic mass is 9.83. The van der Waals surface area contributed by atoms with Crippen molar-refractivity contribution in [2.24, 2.45) is 5.41 Å². The summed E-state index contributed by atoms with van der Waals surface area (Å²) in [6.45, 7) is 4.72. The normalized spacial score (nSPS) is 15.1. The van der Waals surface area contributed by atoms with Gasteiger partial charge in [-0.05, 0) is 20.8 Å². The fraction of sp³-hybridized carbons (Fsp3) is 0.600. The first kappa shape index (κ1) is 12.7. The van der Waals surface area contributed by atoms with Crippen LogP contribution in [0, 0.1) is 5.41 Å². The SMILES string of the molecule is CC=COCCC(C)(C(C)=O)C(=O)O. The van der Waals surface area contributed by atoms with Crippen LogP contribution in [0.4, 0.5) is 0 Å². The molecule has 0 aromatic carbocycles. The fourth-order valence-electron chi connectivity index (χ4n) is 0.861. The average molecular weight is 200 g/mol. The molecule has 0 heterocycles. The number of allylic oxidation sites excluding steroid dienone is 1. The zero-order valence-corrected chi connectivity index (χ0v) is 8.74. The molecule has 0 saturated heterocycles. The van der Waals surface area contributed by atoms with Gasteiger partial charge in [0.2, 0.25) is 0 Å². The van der Waals surface area contributed by atoms with Gasteiger partial charge in [-0.25, -0.2) is 0 Å². The third-order valence-electron chi connectivity index (χ3n) is 2.20. The minimum Gasteiger partial charge on any atom is -0.501 e. The number of aliphatic carboxylic acids is 1. The maximum atomic E-state index is 11.1. The third-order valence-corrected chi connectivity index (χ3v) is 2.20. The van der Waals surface area contributed by atoms with E-state index < -0.39 is 11.4 Å². The average Bonchev–Trinajstić information content (AvgIpc) is 2.11. The van der Waals surface area contributed by atoms with Crippen LogP contribution in [0.1, 0.15) is 27.2 Å². The van der Waals surface area contributed by atoms with Crippen LogP contribution in [0.2, 0.25) is 0 Å². The van der Waals surface area contributed by atoms with E-state index in [2.05, 4.69) is 0 Å². The summed E-state index contributed by atoms with van der Waals surface area (Å²) in [4.78, 5) is 21.9. The Morgan fingerprint density at radius 1 is 1.50 bits per heavy atom. The highest BCUT2D eigenvalue weighted by atomic mass is 16.5. The molecule has 1 atom stereocenters. The van der Waals surface area contributed by atoms with Crippen LogP contribution in [0.25, 0.3) is 0 Å². The molecule has 1 unspecified atom stereocenters. The smallest absolute Gasteiger partial charge is 0.317 e. The van der Waals surface area contributed by atoms with Crippen LogP contribution in [0.3, 0.4) is 0 Å². The van der Waals surface area contributed by atoms with Crippen molar-refractivity contribution in [2.45, 2.75) is 27.2 Å². The number of ketones is 1. The number of hydrogen-bond acceptors (Lipinski definition) is 3. The van der Waals surface area contributed by atoms with Gasteiger partial charge in [0.15, 0.2) is 0 Å². The minimum atomic E-state index is -1.33. The van der Waals surface area contributed by atoms with Crippen molar-refractivity contribution in [2.75, 3.05) is 6.61 Å². The second kappa shape index (κ2) is 5.42. The summed E-state index contributed by atoms with van der Waals surface area (Å²) in [6.07, 6.45) is 3.36. The summed E-state index contributed by atoms with van der Waals surface area (Å²) >= 11 is 0. The van der Waals surface area contributed by atoms with E-state index in [-0.39, 0.29) is 18.8 Å². The molecule has 0 rings (SSSR count). The summed E-state index contributed by atoms with van der Waals surface area (Å²) in [7, 11) is 0. The van der Waals surface area contributed by atoms with Gasteiger partial charge in [0, 0.05) is 6.42 Å². The maximum Gasteiger partial charge on any atom is 0.317 e. The Morgan fingerprint density at radius 2 is 2.07 bits per heavy atom. The summed E-state index contributed by atoms with van der Waals surface area (Å²) in [5.74, 6) is -1.46. The molecular weight excluding hydrogens is 184 g/mol. The number of ether oxygens (including phenoxy) is 1. The number of Topliss-reactive ketones (excluding diaryl/α,β-unsaturated/α-hetero) is 1. The zero-order valence-electron chi connectivity index (χ0n) is 8.74.